The lowest BCUT2D eigenvalue weighted by Crippen LogP contribution is -2.70. The van der Waals surface area contributed by atoms with Crippen LogP contribution in [0.4, 0.5) is 0 Å². The van der Waals surface area contributed by atoms with Crippen molar-refractivity contribution < 1.29 is 9.59 Å². The second kappa shape index (κ2) is 5.31. The smallest absolute Gasteiger partial charge is 0.270 e. The highest BCUT2D eigenvalue weighted by atomic mass is 79.9. The zero-order valence-corrected chi connectivity index (χ0v) is 16.5. The van der Waals surface area contributed by atoms with Crippen LogP contribution in [-0.4, -0.2) is 16.6 Å². The van der Waals surface area contributed by atoms with E-state index in [0.29, 0.717) is 10.0 Å². The number of carbonyl (C=O) groups excluding carboxylic acids is 2. The number of amides is 2. The molecule has 3 unspecified atom stereocenters. The van der Waals surface area contributed by atoms with Crippen LogP contribution in [0.25, 0.3) is 0 Å². The Labute approximate surface area is 153 Å². The Hall–Kier alpha value is -0.880. The van der Waals surface area contributed by atoms with Crippen molar-refractivity contribution in [1.29, 1.82) is 0 Å². The Morgan fingerprint density at radius 1 is 1.13 bits per heavy atom. The fourth-order valence-corrected chi connectivity index (χ4v) is 6.67. The number of alkyl halides is 1. The second-order valence-electron chi connectivity index (χ2n) is 7.26. The van der Waals surface area contributed by atoms with Crippen LogP contribution in [-0.2, 0) is 4.79 Å². The van der Waals surface area contributed by atoms with E-state index in [2.05, 4.69) is 63.5 Å². The van der Waals surface area contributed by atoms with Gasteiger partial charge in [0.2, 0.25) is 5.91 Å². The minimum absolute atomic E-state index is 0.101. The van der Waals surface area contributed by atoms with Gasteiger partial charge >= 0.3 is 0 Å². The molecule has 2 N–H and O–H groups in total. The summed E-state index contributed by atoms with van der Waals surface area (Å²) in [5, 5.41) is 0. The fourth-order valence-electron chi connectivity index (χ4n) is 4.39. The lowest BCUT2D eigenvalue weighted by Gasteiger charge is -2.64. The molecule has 124 valence electrons. The van der Waals surface area contributed by atoms with Crippen molar-refractivity contribution in [1.82, 2.24) is 10.9 Å². The molecule has 3 saturated carbocycles. The standard InChI is InChI=1S/C17H20Br2N2O2/c1-15(2)16(3)8-9-17(15,13(16)19)14(23)21-20-12(22)10-6-4-5-7-11(10)18/h4-7,13H,8-9H2,1-3H3,(H,20,22)(H,21,23). The number of fused-ring (bicyclic) bond motifs is 1. The molecule has 1 aromatic rings. The van der Waals surface area contributed by atoms with Gasteiger partial charge in [0.05, 0.1) is 11.0 Å². The van der Waals surface area contributed by atoms with Gasteiger partial charge in [-0.15, -0.1) is 0 Å². The van der Waals surface area contributed by atoms with Crippen molar-refractivity contribution in [2.24, 2.45) is 16.2 Å². The van der Waals surface area contributed by atoms with E-state index in [-0.39, 0.29) is 27.5 Å². The number of benzene rings is 1. The topological polar surface area (TPSA) is 58.2 Å². The molecule has 2 amide bonds. The van der Waals surface area contributed by atoms with Crippen LogP contribution in [0.5, 0.6) is 0 Å². The molecule has 0 radical (unpaired) electrons. The molecule has 0 saturated heterocycles. The first kappa shape index (κ1) is 17.0. The second-order valence-corrected chi connectivity index (χ2v) is 9.03. The molecule has 3 aliphatic carbocycles. The third-order valence-corrected chi connectivity index (χ3v) is 8.87. The van der Waals surface area contributed by atoms with Crippen LogP contribution in [0.15, 0.2) is 28.7 Å². The molecule has 4 rings (SSSR count). The maximum absolute atomic E-state index is 12.8. The highest BCUT2D eigenvalue weighted by Crippen LogP contribution is 2.79. The maximum Gasteiger partial charge on any atom is 0.270 e. The Balaban J connectivity index is 1.72. The Morgan fingerprint density at radius 3 is 2.30 bits per heavy atom. The van der Waals surface area contributed by atoms with E-state index in [1.807, 2.05) is 6.07 Å². The minimum atomic E-state index is -0.469. The highest BCUT2D eigenvalue weighted by Gasteiger charge is 2.80. The van der Waals surface area contributed by atoms with Crippen molar-refractivity contribution in [2.75, 3.05) is 0 Å². The summed E-state index contributed by atoms with van der Waals surface area (Å²) >= 11 is 7.07. The molecule has 0 aromatic heterocycles. The maximum atomic E-state index is 12.8. The lowest BCUT2D eigenvalue weighted by atomic mass is 9.43. The molecular weight excluding hydrogens is 424 g/mol. The van der Waals surface area contributed by atoms with Gasteiger partial charge in [0.25, 0.3) is 5.91 Å². The van der Waals surface area contributed by atoms with Crippen LogP contribution in [0.2, 0.25) is 0 Å². The van der Waals surface area contributed by atoms with Crippen molar-refractivity contribution in [3.05, 3.63) is 34.3 Å². The number of halogens is 2. The van der Waals surface area contributed by atoms with Gasteiger partial charge < -0.3 is 0 Å². The van der Waals surface area contributed by atoms with E-state index in [4.69, 9.17) is 0 Å². The van der Waals surface area contributed by atoms with Gasteiger partial charge in [-0.25, -0.2) is 0 Å². The summed E-state index contributed by atoms with van der Waals surface area (Å²) in [6.07, 6.45) is 1.85. The Bertz CT molecular complexity index is 691. The summed E-state index contributed by atoms with van der Waals surface area (Å²) < 4.78 is 0.695. The van der Waals surface area contributed by atoms with Crippen molar-refractivity contribution in [2.45, 2.75) is 38.4 Å². The monoisotopic (exact) mass is 442 g/mol. The molecule has 23 heavy (non-hydrogen) atoms. The molecule has 0 heterocycles. The Morgan fingerprint density at radius 2 is 1.78 bits per heavy atom. The predicted molar refractivity (Wildman–Crippen MR) is 96.0 cm³/mol. The van der Waals surface area contributed by atoms with E-state index in [1.54, 1.807) is 18.2 Å². The van der Waals surface area contributed by atoms with E-state index in [1.165, 1.54) is 0 Å². The van der Waals surface area contributed by atoms with Gasteiger partial charge in [-0.1, -0.05) is 48.8 Å². The Kier molecular flexibility index (Phi) is 3.92. The summed E-state index contributed by atoms with van der Waals surface area (Å²) in [6.45, 7) is 6.52. The SMILES string of the molecule is CC12CCC(C(=O)NNC(=O)c3ccccc3Br)(C1Br)C2(C)C. The summed E-state index contributed by atoms with van der Waals surface area (Å²) in [5.41, 5.74) is 5.23. The van der Waals surface area contributed by atoms with Gasteiger partial charge in [0.15, 0.2) is 0 Å². The van der Waals surface area contributed by atoms with Gasteiger partial charge in [-0.3, -0.25) is 20.4 Å². The third kappa shape index (κ3) is 2.00. The van der Waals surface area contributed by atoms with Crippen LogP contribution in [0.1, 0.15) is 44.0 Å². The number of hydrogen-bond acceptors (Lipinski definition) is 2. The van der Waals surface area contributed by atoms with Crippen LogP contribution in [0, 0.1) is 16.2 Å². The van der Waals surface area contributed by atoms with Gasteiger partial charge in [0, 0.05) is 9.30 Å². The zero-order chi connectivity index (χ0) is 17.0. The zero-order valence-electron chi connectivity index (χ0n) is 13.4. The number of nitrogens with one attached hydrogen (secondary N) is 2. The first-order chi connectivity index (χ1) is 10.7. The predicted octanol–water partition coefficient (Wildman–Crippen LogP) is 3.80. The molecule has 1 aromatic carbocycles. The molecule has 0 spiro atoms. The van der Waals surface area contributed by atoms with Crippen LogP contribution >= 0.6 is 31.9 Å². The molecule has 4 nitrogen and oxygen atoms in total. The van der Waals surface area contributed by atoms with Gasteiger partial charge in [-0.2, -0.15) is 0 Å². The summed E-state index contributed by atoms with van der Waals surface area (Å²) in [5.74, 6) is -0.439. The minimum Gasteiger partial charge on any atom is -0.273 e. The van der Waals surface area contributed by atoms with Crippen molar-refractivity contribution in [3.63, 3.8) is 0 Å². The first-order valence-corrected chi connectivity index (χ1v) is 9.39. The van der Waals surface area contributed by atoms with Crippen LogP contribution in [0.3, 0.4) is 0 Å². The first-order valence-electron chi connectivity index (χ1n) is 7.68. The van der Waals surface area contributed by atoms with E-state index < -0.39 is 5.41 Å². The normalized spacial score (nSPS) is 33.7. The molecule has 0 aliphatic heterocycles. The average Bonchev–Trinajstić information content (AvgIpc) is 2.92. The van der Waals surface area contributed by atoms with Crippen LogP contribution < -0.4 is 10.9 Å². The quantitative estimate of drug-likeness (QED) is 0.539. The lowest BCUT2D eigenvalue weighted by molar-refractivity contribution is -0.162. The van der Waals surface area contributed by atoms with E-state index >= 15 is 0 Å². The summed E-state index contributed by atoms with van der Waals surface area (Å²) in [7, 11) is 0. The van der Waals surface area contributed by atoms with Gasteiger partial charge in [0.1, 0.15) is 0 Å². The summed E-state index contributed by atoms with van der Waals surface area (Å²) in [4.78, 5) is 25.2. The number of hydrazine groups is 1. The molecule has 6 heteroatoms. The van der Waals surface area contributed by atoms with E-state index in [0.717, 1.165) is 12.8 Å². The molecule has 2 bridgehead atoms. The molecule has 3 aliphatic rings. The highest BCUT2D eigenvalue weighted by molar-refractivity contribution is 9.10. The molecule has 3 atom stereocenters. The molecular formula is C17H20Br2N2O2. The van der Waals surface area contributed by atoms with E-state index in [9.17, 15) is 9.59 Å². The average molecular weight is 444 g/mol. The molecule has 3 fully saturated rings. The van der Waals surface area contributed by atoms with Crippen molar-refractivity contribution >= 4 is 43.7 Å². The largest absolute Gasteiger partial charge is 0.273 e. The number of carbonyl (C=O) groups is 2. The third-order valence-electron chi connectivity index (χ3n) is 6.39. The number of hydrogen-bond donors (Lipinski definition) is 2. The van der Waals surface area contributed by atoms with Crippen molar-refractivity contribution in [3.8, 4) is 0 Å². The van der Waals surface area contributed by atoms with Gasteiger partial charge in [-0.05, 0) is 51.7 Å². The number of rotatable bonds is 2. The fraction of sp³-hybridized carbons (Fsp3) is 0.529. The summed E-state index contributed by atoms with van der Waals surface area (Å²) in [6, 6.07) is 7.12.